The van der Waals surface area contributed by atoms with Crippen molar-refractivity contribution < 1.29 is 8.42 Å². The van der Waals surface area contributed by atoms with Gasteiger partial charge in [-0.25, -0.2) is 18.5 Å². The number of sulfonamides is 1. The summed E-state index contributed by atoms with van der Waals surface area (Å²) in [6.07, 6.45) is 3.92. The predicted octanol–water partition coefficient (Wildman–Crippen LogP) is 1.03. The fraction of sp³-hybridized carbons (Fsp3) is 0.333. The summed E-state index contributed by atoms with van der Waals surface area (Å²) in [5.74, 6) is 1.19. The van der Waals surface area contributed by atoms with Crippen LogP contribution in [0.25, 0.3) is 0 Å². The minimum absolute atomic E-state index is 0.0641. The number of rotatable bonds is 5. The van der Waals surface area contributed by atoms with Crippen molar-refractivity contribution in [1.82, 2.24) is 15.3 Å². The molecule has 2 heterocycles. The average Bonchev–Trinajstić information content (AvgIpc) is 2.56. The Morgan fingerprint density at radius 3 is 2.67 bits per heavy atom. The summed E-state index contributed by atoms with van der Waals surface area (Å²) in [5.41, 5.74) is 0.680. The molecule has 0 radical (unpaired) electrons. The number of nitrogens with zero attached hydrogens (tertiary/aromatic N) is 2. The van der Waals surface area contributed by atoms with Gasteiger partial charge in [0.2, 0.25) is 16.0 Å². The van der Waals surface area contributed by atoms with Gasteiger partial charge in [0.1, 0.15) is 5.82 Å². The van der Waals surface area contributed by atoms with E-state index >= 15 is 0 Å². The normalized spacial score (nSPS) is 18.1. The van der Waals surface area contributed by atoms with Crippen LogP contribution in [0.5, 0.6) is 0 Å². The second-order valence-corrected chi connectivity index (χ2v) is 7.21. The lowest BCUT2D eigenvalue weighted by Crippen LogP contribution is -2.38. The first kappa shape index (κ1) is 16.6. The monoisotopic (exact) mass is 348 g/mol. The molecule has 0 bridgehead atoms. The van der Waals surface area contributed by atoms with Crippen LogP contribution in [0.15, 0.2) is 41.4 Å². The van der Waals surface area contributed by atoms with Gasteiger partial charge in [-0.2, -0.15) is 4.98 Å². The quantitative estimate of drug-likeness (QED) is 0.636. The average molecular weight is 348 g/mol. The summed E-state index contributed by atoms with van der Waals surface area (Å²) in [7, 11) is -3.69. The topological polar surface area (TPSA) is 122 Å². The Morgan fingerprint density at radius 1 is 1.21 bits per heavy atom. The third-order valence-corrected chi connectivity index (χ3v) is 4.67. The third-order valence-electron chi connectivity index (χ3n) is 3.74. The first-order chi connectivity index (χ1) is 11.5. The number of nitrogens with two attached hydrogens (primary N) is 1. The van der Waals surface area contributed by atoms with E-state index in [1.54, 1.807) is 18.3 Å². The van der Waals surface area contributed by atoms with Gasteiger partial charge >= 0.3 is 0 Å². The molecular formula is C15H20N6O2S. The molecule has 9 heteroatoms. The highest BCUT2D eigenvalue weighted by Gasteiger charge is 2.13. The zero-order valence-electron chi connectivity index (χ0n) is 13.1. The fourth-order valence-corrected chi connectivity index (χ4v) is 3.06. The molecule has 1 aromatic carbocycles. The Kier molecular flexibility index (Phi) is 4.93. The molecule has 1 fully saturated rings. The summed E-state index contributed by atoms with van der Waals surface area (Å²) < 4.78 is 22.5. The third kappa shape index (κ3) is 4.40. The SMILES string of the molecule is NS(=O)(=O)c1ccc(Nc2nccc(N[C@H]3CCCNC3)n2)cc1. The second kappa shape index (κ2) is 7.12. The number of nitrogens with one attached hydrogen (secondary N) is 3. The molecule has 0 amide bonds. The standard InChI is InChI=1S/C15H20N6O2S/c16-24(22,23)13-5-3-11(4-6-13)20-15-18-9-7-14(21-15)19-12-2-1-8-17-10-12/h3-7,9,12,17H,1-2,8,10H2,(H2,16,22,23)(H2,18,19,20,21)/t12-/m0/s1. The van der Waals surface area contributed by atoms with E-state index in [1.807, 2.05) is 6.07 Å². The van der Waals surface area contributed by atoms with E-state index in [2.05, 4.69) is 25.9 Å². The summed E-state index contributed by atoms with van der Waals surface area (Å²) in [5, 5.41) is 14.9. The fourth-order valence-electron chi connectivity index (χ4n) is 2.54. The zero-order chi connectivity index (χ0) is 17.0. The molecule has 128 valence electrons. The maximum absolute atomic E-state index is 11.3. The smallest absolute Gasteiger partial charge is 0.238 e. The molecule has 1 aliphatic heterocycles. The van der Waals surface area contributed by atoms with Crippen LogP contribution in [-0.2, 0) is 10.0 Å². The van der Waals surface area contributed by atoms with Crippen molar-refractivity contribution in [3.05, 3.63) is 36.5 Å². The summed E-state index contributed by atoms with van der Waals surface area (Å²) in [6, 6.07) is 8.29. The van der Waals surface area contributed by atoms with Crippen molar-refractivity contribution in [2.45, 2.75) is 23.8 Å². The maximum Gasteiger partial charge on any atom is 0.238 e. The minimum Gasteiger partial charge on any atom is -0.366 e. The highest BCUT2D eigenvalue weighted by atomic mass is 32.2. The van der Waals surface area contributed by atoms with E-state index in [4.69, 9.17) is 5.14 Å². The maximum atomic E-state index is 11.3. The van der Waals surface area contributed by atoms with E-state index < -0.39 is 10.0 Å². The molecule has 0 spiro atoms. The number of hydrogen-bond donors (Lipinski definition) is 4. The first-order valence-electron chi connectivity index (χ1n) is 7.71. The van der Waals surface area contributed by atoms with Crippen LogP contribution in [-0.4, -0.2) is 37.5 Å². The molecule has 2 aromatic rings. The van der Waals surface area contributed by atoms with Crippen LogP contribution in [0, 0.1) is 0 Å². The summed E-state index contributed by atoms with van der Waals surface area (Å²) >= 11 is 0. The minimum atomic E-state index is -3.69. The van der Waals surface area contributed by atoms with Gasteiger partial charge in [0.15, 0.2) is 0 Å². The van der Waals surface area contributed by atoms with E-state index in [9.17, 15) is 8.42 Å². The van der Waals surface area contributed by atoms with Crippen LogP contribution in [0.4, 0.5) is 17.5 Å². The molecule has 1 aromatic heterocycles. The molecule has 0 unspecified atom stereocenters. The van der Waals surface area contributed by atoms with Crippen molar-refractivity contribution in [2.75, 3.05) is 23.7 Å². The van der Waals surface area contributed by atoms with E-state index in [0.717, 1.165) is 31.7 Å². The molecule has 3 rings (SSSR count). The molecule has 0 aliphatic carbocycles. The van der Waals surface area contributed by atoms with Gasteiger partial charge < -0.3 is 16.0 Å². The van der Waals surface area contributed by atoms with Gasteiger partial charge in [-0.3, -0.25) is 0 Å². The van der Waals surface area contributed by atoms with E-state index in [0.29, 0.717) is 17.7 Å². The summed E-state index contributed by atoms with van der Waals surface area (Å²) in [6.45, 7) is 1.98. The Bertz CT molecular complexity index is 788. The predicted molar refractivity (Wildman–Crippen MR) is 92.6 cm³/mol. The van der Waals surface area contributed by atoms with Crippen LogP contribution < -0.4 is 21.1 Å². The zero-order valence-corrected chi connectivity index (χ0v) is 13.9. The highest BCUT2D eigenvalue weighted by molar-refractivity contribution is 7.89. The molecule has 5 N–H and O–H groups in total. The van der Waals surface area contributed by atoms with Gasteiger partial charge in [0, 0.05) is 24.5 Å². The Hall–Kier alpha value is -2.23. The lowest BCUT2D eigenvalue weighted by atomic mass is 10.1. The number of hydrogen-bond acceptors (Lipinski definition) is 7. The van der Waals surface area contributed by atoms with E-state index in [-0.39, 0.29) is 4.90 Å². The highest BCUT2D eigenvalue weighted by Crippen LogP contribution is 2.17. The number of benzene rings is 1. The molecular weight excluding hydrogens is 328 g/mol. The Balaban J connectivity index is 1.67. The van der Waals surface area contributed by atoms with Crippen molar-refractivity contribution >= 4 is 27.5 Å². The van der Waals surface area contributed by atoms with Gasteiger partial charge in [0.25, 0.3) is 0 Å². The Labute approximate surface area is 140 Å². The number of anilines is 3. The lowest BCUT2D eigenvalue weighted by molar-refractivity contribution is 0.479. The molecule has 24 heavy (non-hydrogen) atoms. The number of piperidine rings is 1. The molecule has 1 atom stereocenters. The van der Waals surface area contributed by atoms with Crippen LogP contribution in [0.3, 0.4) is 0 Å². The van der Waals surface area contributed by atoms with Gasteiger partial charge in [-0.05, 0) is 49.7 Å². The van der Waals surface area contributed by atoms with Gasteiger partial charge in [-0.1, -0.05) is 0 Å². The second-order valence-electron chi connectivity index (χ2n) is 5.65. The van der Waals surface area contributed by atoms with Crippen LogP contribution in [0.1, 0.15) is 12.8 Å². The first-order valence-corrected chi connectivity index (χ1v) is 9.25. The molecule has 8 nitrogen and oxygen atoms in total. The number of primary sulfonamides is 1. The van der Waals surface area contributed by atoms with Crippen molar-refractivity contribution in [1.29, 1.82) is 0 Å². The largest absolute Gasteiger partial charge is 0.366 e. The molecule has 0 saturated carbocycles. The summed E-state index contributed by atoms with van der Waals surface area (Å²) in [4.78, 5) is 8.67. The Morgan fingerprint density at radius 2 is 2.00 bits per heavy atom. The lowest BCUT2D eigenvalue weighted by Gasteiger charge is -2.24. The van der Waals surface area contributed by atoms with Crippen LogP contribution in [0.2, 0.25) is 0 Å². The van der Waals surface area contributed by atoms with E-state index in [1.165, 1.54) is 12.1 Å². The van der Waals surface area contributed by atoms with Gasteiger partial charge in [-0.15, -0.1) is 0 Å². The van der Waals surface area contributed by atoms with Gasteiger partial charge in [0.05, 0.1) is 4.90 Å². The van der Waals surface area contributed by atoms with Crippen molar-refractivity contribution in [3.63, 3.8) is 0 Å². The number of aromatic nitrogens is 2. The van der Waals surface area contributed by atoms with Crippen molar-refractivity contribution in [2.24, 2.45) is 5.14 Å². The molecule has 1 aliphatic rings. The molecule has 1 saturated heterocycles. The van der Waals surface area contributed by atoms with Crippen LogP contribution >= 0.6 is 0 Å². The van der Waals surface area contributed by atoms with Crippen molar-refractivity contribution in [3.8, 4) is 0 Å².